The van der Waals surface area contributed by atoms with Gasteiger partial charge in [-0.3, -0.25) is 4.79 Å². The molecule has 2 heterocycles. The molecule has 44 heavy (non-hydrogen) atoms. The van der Waals surface area contributed by atoms with E-state index >= 15 is 0 Å². The number of fused-ring (bicyclic) bond motifs is 2. The van der Waals surface area contributed by atoms with Crippen LogP contribution in [0.1, 0.15) is 57.8 Å². The first kappa shape index (κ1) is 29.5. The number of hydrogen-bond donors (Lipinski definition) is 2. The molecular formula is C35H41ClFN5O2. The van der Waals surface area contributed by atoms with Crippen molar-refractivity contribution in [1.82, 2.24) is 14.9 Å². The predicted molar refractivity (Wildman–Crippen MR) is 173 cm³/mol. The normalized spacial score (nSPS) is 24.4. The van der Waals surface area contributed by atoms with Crippen LogP contribution in [0.15, 0.2) is 48.8 Å². The average Bonchev–Trinajstić information content (AvgIpc) is 3.60. The van der Waals surface area contributed by atoms with E-state index in [1.165, 1.54) is 76.5 Å². The Labute approximate surface area is 263 Å². The summed E-state index contributed by atoms with van der Waals surface area (Å²) in [6.45, 7) is 2.98. The van der Waals surface area contributed by atoms with Crippen molar-refractivity contribution < 1.29 is 13.9 Å². The lowest BCUT2D eigenvalue weighted by Gasteiger charge is -2.52. The van der Waals surface area contributed by atoms with Gasteiger partial charge in [-0.25, -0.2) is 14.4 Å². The number of allylic oxidation sites excluding steroid dienone is 1. The third kappa shape index (κ3) is 6.57. The number of anilines is 3. The lowest BCUT2D eigenvalue weighted by molar-refractivity contribution is -0.111. The number of nitrogens with zero attached hydrogens (tertiary/aromatic N) is 3. The number of likely N-dealkylation sites (tertiary alicyclic amines) is 1. The zero-order valence-corrected chi connectivity index (χ0v) is 26.1. The van der Waals surface area contributed by atoms with E-state index in [1.807, 2.05) is 18.2 Å². The van der Waals surface area contributed by atoms with Crippen LogP contribution in [-0.2, 0) is 4.79 Å². The van der Waals surface area contributed by atoms with Gasteiger partial charge in [0, 0.05) is 17.1 Å². The van der Waals surface area contributed by atoms with Gasteiger partial charge in [0.15, 0.2) is 0 Å². The number of hydrogen-bond acceptors (Lipinski definition) is 6. The highest BCUT2D eigenvalue weighted by molar-refractivity contribution is 6.31. The SMILES string of the molecule is CN1CCC2(CC1)CC(CCOc1cc3ncnc(Nc4ccc(F)c(Cl)c4)c3cc1NC(=O)/C=C/CC1CC3CC3C1)C2. The lowest BCUT2D eigenvalue weighted by atomic mass is 9.57. The van der Waals surface area contributed by atoms with Crippen molar-refractivity contribution in [2.45, 2.75) is 57.8 Å². The Bertz CT molecular complexity index is 1550. The summed E-state index contributed by atoms with van der Waals surface area (Å²) < 4.78 is 20.1. The Morgan fingerprint density at radius 2 is 1.91 bits per heavy atom. The van der Waals surface area contributed by atoms with E-state index in [9.17, 15) is 9.18 Å². The molecule has 4 fully saturated rings. The van der Waals surface area contributed by atoms with Crippen molar-refractivity contribution in [1.29, 1.82) is 0 Å². The number of ether oxygens (including phenoxy) is 1. The molecule has 2 aromatic carbocycles. The van der Waals surface area contributed by atoms with Crippen LogP contribution in [0.4, 0.5) is 21.6 Å². The molecular weight excluding hydrogens is 577 g/mol. The van der Waals surface area contributed by atoms with Crippen LogP contribution in [0.2, 0.25) is 5.02 Å². The van der Waals surface area contributed by atoms with Crippen LogP contribution in [-0.4, -0.2) is 47.5 Å². The van der Waals surface area contributed by atoms with Crippen molar-refractivity contribution >= 4 is 45.6 Å². The highest BCUT2D eigenvalue weighted by Gasteiger charge is 2.45. The summed E-state index contributed by atoms with van der Waals surface area (Å²) in [5.74, 6) is 3.70. The van der Waals surface area contributed by atoms with E-state index in [4.69, 9.17) is 16.3 Å². The van der Waals surface area contributed by atoms with Crippen LogP contribution < -0.4 is 15.4 Å². The van der Waals surface area contributed by atoms with Crippen LogP contribution in [0.3, 0.4) is 0 Å². The number of aromatic nitrogens is 2. The third-order valence-electron chi connectivity index (χ3n) is 10.5. The van der Waals surface area contributed by atoms with Crippen molar-refractivity contribution in [3.05, 3.63) is 59.7 Å². The molecule has 2 atom stereocenters. The quantitative estimate of drug-likeness (QED) is 0.225. The van der Waals surface area contributed by atoms with Crippen molar-refractivity contribution in [2.75, 3.05) is 37.4 Å². The molecule has 1 aromatic heterocycles. The fourth-order valence-electron chi connectivity index (χ4n) is 7.89. The van der Waals surface area contributed by atoms with Gasteiger partial charge in [0.1, 0.15) is 23.7 Å². The minimum absolute atomic E-state index is 0.0200. The number of carbonyl (C=O) groups is 1. The van der Waals surface area contributed by atoms with Gasteiger partial charge in [-0.1, -0.05) is 17.7 Å². The maximum Gasteiger partial charge on any atom is 0.248 e. The Kier molecular flexibility index (Phi) is 8.23. The van der Waals surface area contributed by atoms with Gasteiger partial charge in [-0.15, -0.1) is 0 Å². The van der Waals surface area contributed by atoms with E-state index in [1.54, 1.807) is 12.1 Å². The largest absolute Gasteiger partial charge is 0.491 e. The fraction of sp³-hybridized carbons (Fsp3) is 0.514. The van der Waals surface area contributed by atoms with E-state index in [-0.39, 0.29) is 10.9 Å². The maximum absolute atomic E-state index is 13.7. The van der Waals surface area contributed by atoms with Gasteiger partial charge in [0.05, 0.1) is 22.8 Å². The van der Waals surface area contributed by atoms with Gasteiger partial charge < -0.3 is 20.3 Å². The minimum Gasteiger partial charge on any atom is -0.491 e. The van der Waals surface area contributed by atoms with Crippen LogP contribution in [0, 0.1) is 34.9 Å². The molecule has 3 aliphatic carbocycles. The predicted octanol–water partition coefficient (Wildman–Crippen LogP) is 7.99. The number of halogens is 2. The van der Waals surface area contributed by atoms with Gasteiger partial charge in [0.25, 0.3) is 0 Å². The number of carbonyl (C=O) groups excluding carboxylic acids is 1. The number of amides is 1. The first-order valence-electron chi connectivity index (χ1n) is 16.1. The number of rotatable bonds is 10. The van der Waals surface area contributed by atoms with E-state index in [0.29, 0.717) is 57.7 Å². The number of nitrogens with one attached hydrogen (secondary N) is 2. The summed E-state index contributed by atoms with van der Waals surface area (Å²) in [7, 11) is 2.21. The molecule has 1 amide bonds. The van der Waals surface area contributed by atoms with E-state index in [0.717, 1.165) is 24.7 Å². The lowest BCUT2D eigenvalue weighted by Crippen LogP contribution is -2.46. The molecule has 1 saturated heterocycles. The Balaban J connectivity index is 1.06. The Hall–Kier alpha value is -3.23. The molecule has 2 unspecified atom stereocenters. The summed E-state index contributed by atoms with van der Waals surface area (Å²) >= 11 is 6.01. The molecule has 3 aromatic rings. The first-order valence-corrected chi connectivity index (χ1v) is 16.5. The highest BCUT2D eigenvalue weighted by Crippen LogP contribution is 2.55. The number of benzene rings is 2. The van der Waals surface area contributed by atoms with Gasteiger partial charge in [-0.2, -0.15) is 0 Å². The molecule has 7 nitrogen and oxygen atoms in total. The molecule has 4 aliphatic rings. The maximum atomic E-state index is 13.7. The molecule has 9 heteroatoms. The molecule has 0 bridgehead atoms. The van der Waals surface area contributed by atoms with Gasteiger partial charge >= 0.3 is 0 Å². The first-order chi connectivity index (χ1) is 21.3. The molecule has 7 rings (SSSR count). The van der Waals surface area contributed by atoms with Gasteiger partial charge in [-0.05, 0) is 137 Å². The second kappa shape index (κ2) is 12.3. The summed E-state index contributed by atoms with van der Waals surface area (Å²) in [6, 6.07) is 8.14. The smallest absolute Gasteiger partial charge is 0.248 e. The summed E-state index contributed by atoms with van der Waals surface area (Å²) in [5.41, 5.74) is 2.38. The summed E-state index contributed by atoms with van der Waals surface area (Å²) in [6.07, 6.45) is 16.3. The standard InChI is InChI=1S/C35H41ClFN5O2/c1-42-10-8-35(9-11-42)19-23(20-35)7-12-44-32-18-30-27(34(39-21-38-30)40-26-5-6-29(37)28(36)16-26)17-31(32)41-33(43)4-2-3-22-13-24-15-25(24)14-22/h2,4-6,16-18,21-25H,3,7-15,19-20H2,1H3,(H,41,43)(H,38,39,40)/b4-2+. The zero-order valence-electron chi connectivity index (χ0n) is 25.3. The van der Waals surface area contributed by atoms with Gasteiger partial charge in [0.2, 0.25) is 5.91 Å². The summed E-state index contributed by atoms with van der Waals surface area (Å²) in [5, 5.41) is 7.00. The van der Waals surface area contributed by atoms with Crippen molar-refractivity contribution in [2.24, 2.45) is 29.1 Å². The molecule has 1 spiro atoms. The van der Waals surface area contributed by atoms with E-state index < -0.39 is 5.82 Å². The topological polar surface area (TPSA) is 79.4 Å². The summed E-state index contributed by atoms with van der Waals surface area (Å²) in [4.78, 5) is 24.4. The monoisotopic (exact) mass is 617 g/mol. The van der Waals surface area contributed by atoms with Crippen LogP contribution in [0.5, 0.6) is 5.75 Å². The van der Waals surface area contributed by atoms with Crippen LogP contribution in [0.25, 0.3) is 10.9 Å². The Morgan fingerprint density at radius 1 is 1.11 bits per heavy atom. The Morgan fingerprint density at radius 3 is 2.68 bits per heavy atom. The molecule has 3 saturated carbocycles. The molecule has 0 radical (unpaired) electrons. The second-order valence-corrected chi connectivity index (χ2v) is 14.2. The molecule has 2 N–H and O–H groups in total. The average molecular weight is 618 g/mol. The van der Waals surface area contributed by atoms with E-state index in [2.05, 4.69) is 32.5 Å². The zero-order chi connectivity index (χ0) is 30.3. The van der Waals surface area contributed by atoms with Crippen LogP contribution >= 0.6 is 11.6 Å². The third-order valence-corrected chi connectivity index (χ3v) is 10.8. The van der Waals surface area contributed by atoms with Crippen molar-refractivity contribution in [3.8, 4) is 5.75 Å². The minimum atomic E-state index is -0.488. The molecule has 1 aliphatic heterocycles. The number of piperidine rings is 1. The molecule has 232 valence electrons. The second-order valence-electron chi connectivity index (χ2n) is 13.8. The van der Waals surface area contributed by atoms with Crippen molar-refractivity contribution in [3.63, 3.8) is 0 Å². The highest BCUT2D eigenvalue weighted by atomic mass is 35.5. The fourth-order valence-corrected chi connectivity index (χ4v) is 8.07.